The van der Waals surface area contributed by atoms with E-state index in [0.29, 0.717) is 26.9 Å². The first-order valence-corrected chi connectivity index (χ1v) is 11.0. The van der Waals surface area contributed by atoms with Crippen LogP contribution >= 0.6 is 23.2 Å². The van der Waals surface area contributed by atoms with E-state index in [1.807, 2.05) is 0 Å². The van der Waals surface area contributed by atoms with Gasteiger partial charge in [-0.15, -0.1) is 0 Å². The molecule has 0 saturated carbocycles. The van der Waals surface area contributed by atoms with Gasteiger partial charge in [0.15, 0.2) is 6.17 Å². The minimum Gasteiger partial charge on any atom is -0.507 e. The molecule has 35 heavy (non-hydrogen) atoms. The molecule has 0 fully saturated rings. The standard InChI is InChI=1S/C24H18Cl2N4O5/c25-12-2-3-17(26)14(8-12)15-5-11(13(24(34)35)9-20(31)32)6-16(21(15)33)23-29-18-4-1-10(22(27)28)7-19(18)30-23/h1-8,13,23,33H,9H2,(H3,27,28)(H,31,32)(H,34,35). The number of phenolic OH excluding ortho intramolecular Hbond substituents is 1. The number of phenols is 1. The third-order valence-corrected chi connectivity index (χ3v) is 6.11. The van der Waals surface area contributed by atoms with Gasteiger partial charge in [0.05, 0.1) is 23.1 Å². The van der Waals surface area contributed by atoms with Gasteiger partial charge in [-0.3, -0.25) is 25.0 Å². The van der Waals surface area contributed by atoms with Crippen LogP contribution in [0.25, 0.3) is 11.1 Å². The Hall–Kier alpha value is -3.95. The number of fused-ring (bicyclic) bond motifs is 1. The summed E-state index contributed by atoms with van der Waals surface area (Å²) in [5, 5.41) is 39.4. The number of aliphatic carboxylic acids is 2. The quantitative estimate of drug-likeness (QED) is 0.240. The van der Waals surface area contributed by atoms with E-state index in [9.17, 15) is 24.9 Å². The van der Waals surface area contributed by atoms with E-state index < -0.39 is 30.4 Å². The highest BCUT2D eigenvalue weighted by atomic mass is 35.5. The van der Waals surface area contributed by atoms with Crippen LogP contribution in [0, 0.1) is 5.41 Å². The van der Waals surface area contributed by atoms with Gasteiger partial charge in [0.25, 0.3) is 0 Å². The molecule has 3 aromatic rings. The van der Waals surface area contributed by atoms with Gasteiger partial charge in [-0.25, -0.2) is 0 Å². The fourth-order valence-corrected chi connectivity index (χ4v) is 4.24. The predicted octanol–water partition coefficient (Wildman–Crippen LogP) is 3.24. The highest BCUT2D eigenvalue weighted by Crippen LogP contribution is 2.43. The lowest BCUT2D eigenvalue weighted by atomic mass is 9.89. The Morgan fingerprint density at radius 2 is 1.71 bits per heavy atom. The molecule has 178 valence electrons. The summed E-state index contributed by atoms with van der Waals surface area (Å²) in [4.78, 5) is 32.3. The molecule has 0 spiro atoms. The number of carbonyl (C=O) groups is 2. The van der Waals surface area contributed by atoms with Crippen molar-refractivity contribution in [1.82, 2.24) is 0 Å². The lowest BCUT2D eigenvalue weighted by Gasteiger charge is -2.19. The minimum atomic E-state index is -1.41. The van der Waals surface area contributed by atoms with Gasteiger partial charge in [-0.2, -0.15) is 0 Å². The average molecular weight is 513 g/mol. The molecule has 0 radical (unpaired) electrons. The van der Waals surface area contributed by atoms with Gasteiger partial charge < -0.3 is 21.1 Å². The lowest BCUT2D eigenvalue weighted by molar-refractivity contribution is -0.145. The highest BCUT2D eigenvalue weighted by Gasteiger charge is 2.28. The number of carboxylic acid groups (broad SMARTS) is 2. The minimum absolute atomic E-state index is 0.129. The van der Waals surface area contributed by atoms with Crippen molar-refractivity contribution in [1.29, 1.82) is 5.41 Å². The van der Waals surface area contributed by atoms with E-state index in [2.05, 4.69) is 9.98 Å². The van der Waals surface area contributed by atoms with E-state index in [4.69, 9.17) is 34.3 Å². The Kier molecular flexibility index (Phi) is 6.47. The van der Waals surface area contributed by atoms with Crippen LogP contribution in [0.15, 0.2) is 58.5 Å². The van der Waals surface area contributed by atoms with Gasteiger partial charge >= 0.3 is 11.9 Å². The molecule has 1 heterocycles. The van der Waals surface area contributed by atoms with Crippen LogP contribution in [0.2, 0.25) is 10.0 Å². The van der Waals surface area contributed by atoms with Crippen LogP contribution in [0.1, 0.15) is 35.2 Å². The summed E-state index contributed by atoms with van der Waals surface area (Å²) in [7, 11) is 0. The van der Waals surface area contributed by atoms with E-state index in [-0.39, 0.29) is 33.3 Å². The first-order valence-electron chi connectivity index (χ1n) is 10.2. The van der Waals surface area contributed by atoms with Crippen molar-refractivity contribution < 1.29 is 24.9 Å². The lowest BCUT2D eigenvalue weighted by Crippen LogP contribution is -2.24. The van der Waals surface area contributed by atoms with Crippen LogP contribution in [-0.2, 0) is 9.59 Å². The number of nitrogen functional groups attached to an aromatic ring is 1. The third kappa shape index (κ3) is 4.82. The summed E-state index contributed by atoms with van der Waals surface area (Å²) in [5.41, 5.74) is 6.77. The molecule has 9 nitrogen and oxygen atoms in total. The van der Waals surface area contributed by atoms with Crippen molar-refractivity contribution in [2.45, 2.75) is 18.5 Å². The van der Waals surface area contributed by atoms with Crippen molar-refractivity contribution in [3.8, 4) is 16.9 Å². The van der Waals surface area contributed by atoms with Crippen molar-refractivity contribution >= 4 is 41.0 Å². The molecule has 0 bridgehead atoms. The smallest absolute Gasteiger partial charge is 0.311 e. The number of hydrogen-bond donors (Lipinski definition) is 5. The molecule has 6 N–H and O–H groups in total. The molecule has 0 aromatic heterocycles. The molecule has 1 aliphatic heterocycles. The molecule has 0 aliphatic carbocycles. The van der Waals surface area contributed by atoms with Gasteiger partial charge in [-0.05, 0) is 54.1 Å². The van der Waals surface area contributed by atoms with Crippen molar-refractivity contribution in [3.05, 3.63) is 86.0 Å². The number of nitrogens with two attached hydrogens (primary N) is 1. The number of hydrogen-bond acceptors (Lipinski definition) is 6. The number of benzene rings is 3. The number of nitrogens with one attached hydrogen (secondary N) is 1. The summed E-state index contributed by atoms with van der Waals surface area (Å²) in [5.74, 6) is -4.45. The maximum atomic E-state index is 11.9. The Bertz CT molecular complexity index is 1520. The summed E-state index contributed by atoms with van der Waals surface area (Å²) in [6.07, 6.45) is -1.63. The summed E-state index contributed by atoms with van der Waals surface area (Å²) in [6.45, 7) is 0. The molecule has 0 amide bonds. The van der Waals surface area contributed by atoms with Crippen LogP contribution in [0.3, 0.4) is 0 Å². The maximum absolute atomic E-state index is 11.9. The fourth-order valence-electron chi connectivity index (χ4n) is 3.84. The fraction of sp³-hybridized carbons (Fsp3) is 0.125. The highest BCUT2D eigenvalue weighted by molar-refractivity contribution is 6.35. The molecule has 4 rings (SSSR count). The third-order valence-electron chi connectivity index (χ3n) is 5.55. The van der Waals surface area contributed by atoms with Gasteiger partial charge in [-0.1, -0.05) is 23.2 Å². The number of nitrogens with zero attached hydrogens (tertiary/aromatic N) is 2. The van der Waals surface area contributed by atoms with Crippen molar-refractivity contribution in [2.24, 2.45) is 15.7 Å². The van der Waals surface area contributed by atoms with E-state index in [0.717, 1.165) is 0 Å². The zero-order chi connectivity index (χ0) is 25.4. The largest absolute Gasteiger partial charge is 0.507 e. The second kappa shape index (κ2) is 9.36. The molecular formula is C24H18Cl2N4O5. The molecule has 2 atom stereocenters. The zero-order valence-electron chi connectivity index (χ0n) is 17.9. The van der Waals surface area contributed by atoms with Crippen molar-refractivity contribution in [3.63, 3.8) is 0 Å². The maximum Gasteiger partial charge on any atom is 0.311 e. The number of aromatic hydroxyl groups is 1. The van der Waals surface area contributed by atoms with Gasteiger partial charge in [0, 0.05) is 32.3 Å². The topological polar surface area (TPSA) is 169 Å². The summed E-state index contributed by atoms with van der Waals surface area (Å²) < 4.78 is 0. The Labute approximate surface area is 208 Å². The van der Waals surface area contributed by atoms with Gasteiger partial charge in [0.1, 0.15) is 11.6 Å². The summed E-state index contributed by atoms with van der Waals surface area (Å²) >= 11 is 12.5. The Balaban J connectivity index is 1.96. The molecule has 2 unspecified atom stereocenters. The van der Waals surface area contributed by atoms with Crippen LogP contribution in [-0.4, -0.2) is 33.1 Å². The Morgan fingerprint density at radius 3 is 2.37 bits per heavy atom. The van der Waals surface area contributed by atoms with Crippen LogP contribution in [0.4, 0.5) is 0 Å². The van der Waals surface area contributed by atoms with Crippen LogP contribution in [0.5, 0.6) is 5.75 Å². The predicted molar refractivity (Wildman–Crippen MR) is 129 cm³/mol. The Morgan fingerprint density at radius 1 is 1.00 bits per heavy atom. The van der Waals surface area contributed by atoms with E-state index in [1.165, 1.54) is 24.3 Å². The molecular weight excluding hydrogens is 495 g/mol. The van der Waals surface area contributed by atoms with Crippen LogP contribution < -0.4 is 16.4 Å². The molecule has 1 aliphatic rings. The molecule has 11 heteroatoms. The van der Waals surface area contributed by atoms with Crippen molar-refractivity contribution in [2.75, 3.05) is 0 Å². The van der Waals surface area contributed by atoms with E-state index in [1.54, 1.807) is 24.3 Å². The number of halogens is 2. The number of rotatable bonds is 7. The molecule has 0 saturated heterocycles. The number of amidine groups is 1. The molecule has 3 aromatic carbocycles. The SMILES string of the molecule is N=C(N)c1ccc2c(c1)=NC(c1cc(C(CC(=O)O)C(=O)O)cc(-c3cc(Cl)ccc3Cl)c1O)N=2. The second-order valence-electron chi connectivity index (χ2n) is 7.87. The van der Waals surface area contributed by atoms with E-state index >= 15 is 0 Å². The monoisotopic (exact) mass is 512 g/mol. The summed E-state index contributed by atoms with van der Waals surface area (Å²) in [6, 6.07) is 12.2. The van der Waals surface area contributed by atoms with Gasteiger partial charge in [0.2, 0.25) is 0 Å². The normalized spacial score (nSPS) is 15.0. The number of carboxylic acids is 2. The first-order chi connectivity index (χ1) is 16.5. The zero-order valence-corrected chi connectivity index (χ0v) is 19.4. The average Bonchev–Trinajstić information content (AvgIpc) is 3.22. The first kappa shape index (κ1) is 24.2. The second-order valence-corrected chi connectivity index (χ2v) is 8.71.